The van der Waals surface area contributed by atoms with Gasteiger partial charge in [0.05, 0.1) is 12.8 Å². The highest BCUT2D eigenvalue weighted by Crippen LogP contribution is 2.26. The first-order chi connectivity index (χ1) is 7.79. The molecule has 1 aromatic heterocycles. The lowest BCUT2D eigenvalue weighted by molar-refractivity contribution is 0.254. The van der Waals surface area contributed by atoms with Gasteiger partial charge < -0.3 is 9.52 Å². The summed E-state index contributed by atoms with van der Waals surface area (Å²) in [6.45, 7) is 2.06. The van der Waals surface area contributed by atoms with Crippen molar-refractivity contribution in [2.45, 2.75) is 32.1 Å². The van der Waals surface area contributed by atoms with E-state index in [1.165, 1.54) is 24.3 Å². The molecule has 1 saturated heterocycles. The van der Waals surface area contributed by atoms with Crippen molar-refractivity contribution in [3.63, 3.8) is 0 Å². The molecule has 2 unspecified atom stereocenters. The Balaban J connectivity index is 1.91. The van der Waals surface area contributed by atoms with E-state index in [-0.39, 0.29) is 12.5 Å². The molecule has 2 heterocycles. The van der Waals surface area contributed by atoms with E-state index in [9.17, 15) is 0 Å². The van der Waals surface area contributed by atoms with Crippen LogP contribution in [0.25, 0.3) is 0 Å². The van der Waals surface area contributed by atoms with Crippen LogP contribution in [-0.2, 0) is 6.42 Å². The maximum absolute atomic E-state index is 9.03. The predicted molar refractivity (Wildman–Crippen MR) is 65.8 cm³/mol. The van der Waals surface area contributed by atoms with Crippen molar-refractivity contribution in [2.75, 3.05) is 18.1 Å². The van der Waals surface area contributed by atoms with Gasteiger partial charge in [-0.05, 0) is 30.3 Å². The Labute approximate surface area is 101 Å². The highest BCUT2D eigenvalue weighted by Gasteiger charge is 2.18. The Kier molecular flexibility index (Phi) is 4.29. The monoisotopic (exact) mass is 241 g/mol. The third-order valence-corrected chi connectivity index (χ3v) is 4.33. The Bertz CT molecular complexity index is 321. The van der Waals surface area contributed by atoms with Gasteiger partial charge >= 0.3 is 0 Å². The van der Waals surface area contributed by atoms with Crippen LogP contribution in [0.3, 0.4) is 0 Å². The van der Waals surface area contributed by atoms with E-state index >= 15 is 0 Å². The molecule has 1 fully saturated rings. The normalized spacial score (nSPS) is 23.2. The van der Waals surface area contributed by atoms with Crippen molar-refractivity contribution in [1.29, 1.82) is 0 Å². The van der Waals surface area contributed by atoms with Crippen molar-refractivity contribution < 1.29 is 9.52 Å². The second kappa shape index (κ2) is 5.73. The second-order valence-corrected chi connectivity index (χ2v) is 5.68. The fraction of sp³-hybridized carbons (Fsp3) is 0.750. The predicted octanol–water partition coefficient (Wildman–Crippen LogP) is 2.46. The molecule has 0 aliphatic carbocycles. The van der Waals surface area contributed by atoms with E-state index in [2.05, 4.69) is 4.98 Å². The zero-order valence-electron chi connectivity index (χ0n) is 9.69. The molecule has 0 radical (unpaired) electrons. The van der Waals surface area contributed by atoms with E-state index in [1.54, 1.807) is 6.20 Å². The van der Waals surface area contributed by atoms with Crippen molar-refractivity contribution in [3.8, 4) is 0 Å². The third kappa shape index (κ3) is 3.01. The molecule has 0 bridgehead atoms. The number of nitrogens with zero attached hydrogens (tertiary/aromatic N) is 1. The van der Waals surface area contributed by atoms with Gasteiger partial charge in [-0.3, -0.25) is 0 Å². The van der Waals surface area contributed by atoms with Gasteiger partial charge in [0.2, 0.25) is 0 Å². The zero-order chi connectivity index (χ0) is 11.4. The summed E-state index contributed by atoms with van der Waals surface area (Å²) < 4.78 is 5.66. The number of aliphatic hydroxyl groups is 1. The summed E-state index contributed by atoms with van der Waals surface area (Å²) in [7, 11) is 0. The first-order valence-electron chi connectivity index (χ1n) is 5.92. The highest BCUT2D eigenvalue weighted by molar-refractivity contribution is 7.99. The van der Waals surface area contributed by atoms with Gasteiger partial charge in [0.15, 0.2) is 5.89 Å². The Morgan fingerprint density at radius 3 is 3.25 bits per heavy atom. The number of aliphatic hydroxyl groups excluding tert-OH is 1. The van der Waals surface area contributed by atoms with Crippen LogP contribution in [0.4, 0.5) is 0 Å². The molecule has 1 aromatic rings. The van der Waals surface area contributed by atoms with E-state index in [1.807, 2.05) is 18.7 Å². The number of rotatable bonds is 4. The summed E-state index contributed by atoms with van der Waals surface area (Å²) in [6.07, 6.45) is 5.31. The van der Waals surface area contributed by atoms with E-state index < -0.39 is 0 Å². The number of oxazole rings is 1. The van der Waals surface area contributed by atoms with Crippen LogP contribution >= 0.6 is 11.8 Å². The number of hydrogen-bond donors (Lipinski definition) is 1. The number of thioether (sulfide) groups is 1. The van der Waals surface area contributed by atoms with Gasteiger partial charge in [0.25, 0.3) is 0 Å². The molecule has 0 aromatic carbocycles. The van der Waals surface area contributed by atoms with Crippen LogP contribution in [0.1, 0.15) is 37.3 Å². The van der Waals surface area contributed by atoms with Gasteiger partial charge in [-0.15, -0.1) is 0 Å². The first kappa shape index (κ1) is 12.0. The summed E-state index contributed by atoms with van der Waals surface area (Å²) in [5, 5.41) is 9.03. The topological polar surface area (TPSA) is 46.3 Å². The summed E-state index contributed by atoms with van der Waals surface area (Å²) in [5.41, 5.74) is 0. The highest BCUT2D eigenvalue weighted by atomic mass is 32.2. The minimum atomic E-state index is 0.0574. The second-order valence-electron chi connectivity index (χ2n) is 4.53. The molecular formula is C12H19NO2S. The zero-order valence-corrected chi connectivity index (χ0v) is 10.5. The Hall–Kier alpha value is -0.480. The number of aromatic nitrogens is 1. The van der Waals surface area contributed by atoms with Gasteiger partial charge in [0, 0.05) is 12.3 Å². The van der Waals surface area contributed by atoms with E-state index in [0.29, 0.717) is 0 Å². The minimum Gasteiger partial charge on any atom is -0.445 e. The maximum atomic E-state index is 9.03. The van der Waals surface area contributed by atoms with Crippen molar-refractivity contribution in [3.05, 3.63) is 17.8 Å². The summed E-state index contributed by atoms with van der Waals surface area (Å²) >= 11 is 2.03. The average Bonchev–Trinajstić information content (AvgIpc) is 2.78. The maximum Gasteiger partial charge on any atom is 0.194 e. The smallest absolute Gasteiger partial charge is 0.194 e. The van der Waals surface area contributed by atoms with Crippen LogP contribution in [0, 0.1) is 5.92 Å². The van der Waals surface area contributed by atoms with Crippen LogP contribution in [0.15, 0.2) is 10.6 Å². The van der Waals surface area contributed by atoms with Gasteiger partial charge in [-0.1, -0.05) is 6.92 Å². The first-order valence-corrected chi connectivity index (χ1v) is 7.08. The molecule has 4 heteroatoms. The van der Waals surface area contributed by atoms with Crippen molar-refractivity contribution in [2.24, 2.45) is 5.92 Å². The fourth-order valence-corrected chi connectivity index (χ4v) is 3.11. The summed E-state index contributed by atoms with van der Waals surface area (Å²) in [4.78, 5) is 4.29. The van der Waals surface area contributed by atoms with Crippen LogP contribution < -0.4 is 0 Å². The molecular weight excluding hydrogens is 222 g/mol. The van der Waals surface area contributed by atoms with Gasteiger partial charge in [0.1, 0.15) is 5.76 Å². The number of hydrogen-bond acceptors (Lipinski definition) is 4. The van der Waals surface area contributed by atoms with E-state index in [4.69, 9.17) is 9.52 Å². The van der Waals surface area contributed by atoms with Crippen LogP contribution in [0.2, 0.25) is 0 Å². The lowest BCUT2D eigenvalue weighted by Crippen LogP contribution is -2.13. The molecule has 1 N–H and O–H groups in total. The molecule has 2 rings (SSSR count). The molecule has 0 amide bonds. The molecule has 0 saturated carbocycles. The van der Waals surface area contributed by atoms with Crippen molar-refractivity contribution >= 4 is 11.8 Å². The quantitative estimate of drug-likeness (QED) is 0.879. The average molecular weight is 241 g/mol. The standard InChI is InChI=1S/C12H19NO2S/c1-9(7-14)11-6-13-12(15-11)5-10-3-2-4-16-8-10/h6,9-10,14H,2-5,7-8H2,1H3. The Morgan fingerprint density at radius 1 is 1.69 bits per heavy atom. The fourth-order valence-electron chi connectivity index (χ4n) is 1.95. The molecule has 2 atom stereocenters. The minimum absolute atomic E-state index is 0.0574. The summed E-state index contributed by atoms with van der Waals surface area (Å²) in [5.74, 6) is 4.95. The molecule has 1 aliphatic heterocycles. The third-order valence-electron chi connectivity index (χ3n) is 3.05. The van der Waals surface area contributed by atoms with E-state index in [0.717, 1.165) is 24.0 Å². The summed E-state index contributed by atoms with van der Waals surface area (Å²) in [6, 6.07) is 0. The van der Waals surface area contributed by atoms with Crippen LogP contribution in [-0.4, -0.2) is 28.2 Å². The molecule has 0 spiro atoms. The van der Waals surface area contributed by atoms with Gasteiger partial charge in [-0.2, -0.15) is 11.8 Å². The molecule has 1 aliphatic rings. The molecule has 16 heavy (non-hydrogen) atoms. The van der Waals surface area contributed by atoms with Gasteiger partial charge in [-0.25, -0.2) is 4.98 Å². The molecule has 90 valence electrons. The van der Waals surface area contributed by atoms with Crippen LogP contribution in [0.5, 0.6) is 0 Å². The largest absolute Gasteiger partial charge is 0.445 e. The molecule has 3 nitrogen and oxygen atoms in total. The van der Waals surface area contributed by atoms with Crippen molar-refractivity contribution in [1.82, 2.24) is 4.98 Å². The lowest BCUT2D eigenvalue weighted by atomic mass is 10.0. The Morgan fingerprint density at radius 2 is 2.56 bits per heavy atom. The lowest BCUT2D eigenvalue weighted by Gasteiger charge is -2.19. The SMILES string of the molecule is CC(CO)c1cnc(CC2CCCSC2)o1.